The molecule has 0 heterocycles. The highest BCUT2D eigenvalue weighted by molar-refractivity contribution is 5.95. The second-order valence-corrected chi connectivity index (χ2v) is 5.75. The molecule has 5 nitrogen and oxygen atoms in total. The van der Waals surface area contributed by atoms with Gasteiger partial charge in [-0.3, -0.25) is 9.59 Å². The van der Waals surface area contributed by atoms with Crippen LogP contribution in [0, 0.1) is 0 Å². The van der Waals surface area contributed by atoms with Crippen molar-refractivity contribution in [3.05, 3.63) is 53.6 Å². The van der Waals surface area contributed by atoms with Crippen molar-refractivity contribution in [2.45, 2.75) is 26.1 Å². The minimum atomic E-state index is -4.51. The van der Waals surface area contributed by atoms with Gasteiger partial charge in [-0.25, -0.2) is 0 Å². The van der Waals surface area contributed by atoms with Gasteiger partial charge in [0.2, 0.25) is 0 Å². The first-order chi connectivity index (χ1) is 12.6. The lowest BCUT2D eigenvalue weighted by atomic mass is 10.1. The molecule has 0 saturated heterocycles. The smallest absolute Gasteiger partial charge is 0.416 e. The number of ketones is 1. The molecule has 0 radical (unpaired) electrons. The van der Waals surface area contributed by atoms with Crippen LogP contribution < -0.4 is 14.8 Å². The van der Waals surface area contributed by atoms with E-state index in [-0.39, 0.29) is 23.0 Å². The monoisotopic (exact) mass is 381 g/mol. The first kappa shape index (κ1) is 20.3. The Bertz CT molecular complexity index is 849. The van der Waals surface area contributed by atoms with Crippen LogP contribution in [0.1, 0.15) is 29.8 Å². The molecular formula is C19H18F3NO4. The van der Waals surface area contributed by atoms with Crippen molar-refractivity contribution in [2.75, 3.05) is 12.4 Å². The molecule has 27 heavy (non-hydrogen) atoms. The van der Waals surface area contributed by atoms with Crippen LogP contribution in [-0.4, -0.2) is 24.9 Å². The number of methoxy groups -OCH3 is 1. The second kappa shape index (κ2) is 8.11. The third-order valence-electron chi connectivity index (χ3n) is 3.70. The summed E-state index contributed by atoms with van der Waals surface area (Å²) in [6.07, 6.45) is -5.52. The molecule has 1 amide bonds. The maximum absolute atomic E-state index is 12.7. The van der Waals surface area contributed by atoms with Crippen LogP contribution in [0.5, 0.6) is 11.5 Å². The summed E-state index contributed by atoms with van der Waals surface area (Å²) >= 11 is 0. The van der Waals surface area contributed by atoms with Gasteiger partial charge in [-0.2, -0.15) is 13.2 Å². The van der Waals surface area contributed by atoms with Gasteiger partial charge in [0.25, 0.3) is 5.91 Å². The Morgan fingerprint density at radius 2 is 1.78 bits per heavy atom. The number of rotatable bonds is 6. The summed E-state index contributed by atoms with van der Waals surface area (Å²) in [5.74, 6) is -0.294. The lowest BCUT2D eigenvalue weighted by Crippen LogP contribution is -2.30. The normalized spacial score (nSPS) is 12.2. The number of amides is 1. The highest BCUT2D eigenvalue weighted by Gasteiger charge is 2.30. The minimum absolute atomic E-state index is 0.00386. The van der Waals surface area contributed by atoms with Gasteiger partial charge in [-0.05, 0) is 50.2 Å². The summed E-state index contributed by atoms with van der Waals surface area (Å²) in [5, 5.41) is 2.38. The summed E-state index contributed by atoms with van der Waals surface area (Å²) in [5.41, 5.74) is -0.445. The van der Waals surface area contributed by atoms with Gasteiger partial charge < -0.3 is 14.8 Å². The summed E-state index contributed by atoms with van der Waals surface area (Å²) < 4.78 is 48.9. The molecule has 0 unspecified atom stereocenters. The second-order valence-electron chi connectivity index (χ2n) is 5.75. The lowest BCUT2D eigenvalue weighted by Gasteiger charge is -2.17. The minimum Gasteiger partial charge on any atom is -0.493 e. The molecular weight excluding hydrogens is 363 g/mol. The van der Waals surface area contributed by atoms with Crippen LogP contribution in [0.4, 0.5) is 18.9 Å². The zero-order chi connectivity index (χ0) is 20.2. The Labute approximate surface area is 154 Å². The van der Waals surface area contributed by atoms with Crippen molar-refractivity contribution in [1.82, 2.24) is 0 Å². The zero-order valence-corrected chi connectivity index (χ0v) is 14.9. The van der Waals surface area contributed by atoms with Gasteiger partial charge >= 0.3 is 6.18 Å². The highest BCUT2D eigenvalue weighted by atomic mass is 19.4. The first-order valence-electron chi connectivity index (χ1n) is 7.95. The molecule has 2 aromatic carbocycles. The molecule has 1 atom stereocenters. The van der Waals surface area contributed by atoms with E-state index in [1.807, 2.05) is 0 Å². The zero-order valence-electron chi connectivity index (χ0n) is 14.9. The van der Waals surface area contributed by atoms with Crippen molar-refractivity contribution in [2.24, 2.45) is 0 Å². The molecule has 8 heteroatoms. The van der Waals surface area contributed by atoms with E-state index in [2.05, 4.69) is 5.32 Å². The van der Waals surface area contributed by atoms with Gasteiger partial charge in [0.15, 0.2) is 23.4 Å². The van der Waals surface area contributed by atoms with Gasteiger partial charge in [-0.1, -0.05) is 6.07 Å². The number of carbonyl (C=O) groups is 2. The predicted octanol–water partition coefficient (Wildman–Crippen LogP) is 4.32. The average Bonchev–Trinajstić information content (AvgIpc) is 2.61. The number of ether oxygens (including phenoxy) is 2. The number of nitrogens with one attached hydrogen (secondary N) is 1. The van der Waals surface area contributed by atoms with E-state index < -0.39 is 23.8 Å². The fourth-order valence-electron chi connectivity index (χ4n) is 2.25. The molecule has 0 aliphatic carbocycles. The molecule has 0 spiro atoms. The third kappa shape index (κ3) is 5.22. The average molecular weight is 381 g/mol. The van der Waals surface area contributed by atoms with E-state index >= 15 is 0 Å². The standard InChI is InChI=1S/C19H18F3NO4/c1-11(24)13-7-8-16(17(9-13)26-3)27-12(2)18(25)23-15-6-4-5-14(10-15)19(20,21)22/h4-10,12H,1-3H3,(H,23,25)/t12-/m0/s1. The number of carbonyl (C=O) groups excluding carboxylic acids is 2. The van der Waals surface area contributed by atoms with Gasteiger partial charge in [0, 0.05) is 11.3 Å². The first-order valence-corrected chi connectivity index (χ1v) is 7.95. The Morgan fingerprint density at radius 3 is 2.37 bits per heavy atom. The molecule has 0 aromatic heterocycles. The van der Waals surface area contributed by atoms with E-state index in [0.29, 0.717) is 5.56 Å². The number of Topliss-reactive ketones (excluding diaryl/α,β-unsaturated/α-hetero) is 1. The molecule has 0 bridgehead atoms. The molecule has 0 aliphatic rings. The van der Waals surface area contributed by atoms with Crippen molar-refractivity contribution >= 4 is 17.4 Å². The van der Waals surface area contributed by atoms with Crippen molar-refractivity contribution in [1.29, 1.82) is 0 Å². The van der Waals surface area contributed by atoms with Crippen molar-refractivity contribution in [3.63, 3.8) is 0 Å². The fraction of sp³-hybridized carbons (Fsp3) is 0.263. The van der Waals surface area contributed by atoms with Crippen molar-refractivity contribution < 1.29 is 32.2 Å². The van der Waals surface area contributed by atoms with E-state index in [1.165, 1.54) is 51.3 Å². The maximum atomic E-state index is 12.7. The highest BCUT2D eigenvalue weighted by Crippen LogP contribution is 2.31. The quantitative estimate of drug-likeness (QED) is 0.757. The summed E-state index contributed by atoms with van der Waals surface area (Å²) in [4.78, 5) is 23.7. The Balaban J connectivity index is 2.11. The number of hydrogen-bond donors (Lipinski definition) is 1. The fourth-order valence-corrected chi connectivity index (χ4v) is 2.25. The number of halogens is 3. The Hall–Kier alpha value is -3.03. The summed E-state index contributed by atoms with van der Waals surface area (Å²) in [7, 11) is 1.39. The molecule has 2 aromatic rings. The summed E-state index contributed by atoms with van der Waals surface area (Å²) in [6, 6.07) is 8.80. The molecule has 2 rings (SSSR count). The van der Waals surface area contributed by atoms with Crippen LogP contribution in [0.15, 0.2) is 42.5 Å². The van der Waals surface area contributed by atoms with E-state index in [0.717, 1.165) is 12.1 Å². The van der Waals surface area contributed by atoms with E-state index in [1.54, 1.807) is 0 Å². The number of benzene rings is 2. The molecule has 0 fully saturated rings. The number of anilines is 1. The van der Waals surface area contributed by atoms with Crippen LogP contribution >= 0.6 is 0 Å². The van der Waals surface area contributed by atoms with Gasteiger partial charge in [0.05, 0.1) is 12.7 Å². The topological polar surface area (TPSA) is 64.6 Å². The lowest BCUT2D eigenvalue weighted by molar-refractivity contribution is -0.137. The SMILES string of the molecule is COc1cc(C(C)=O)ccc1O[C@@H](C)C(=O)Nc1cccc(C(F)(F)F)c1. The molecule has 0 aliphatic heterocycles. The number of hydrogen-bond acceptors (Lipinski definition) is 4. The van der Waals surface area contributed by atoms with E-state index in [9.17, 15) is 22.8 Å². The van der Waals surface area contributed by atoms with Crippen molar-refractivity contribution in [3.8, 4) is 11.5 Å². The maximum Gasteiger partial charge on any atom is 0.416 e. The third-order valence-corrected chi connectivity index (χ3v) is 3.70. The van der Waals surface area contributed by atoms with Crippen LogP contribution in [0.3, 0.4) is 0 Å². The Morgan fingerprint density at radius 1 is 1.07 bits per heavy atom. The van der Waals surface area contributed by atoms with Gasteiger partial charge in [-0.15, -0.1) is 0 Å². The predicted molar refractivity (Wildman–Crippen MR) is 93.2 cm³/mol. The molecule has 144 valence electrons. The van der Waals surface area contributed by atoms with Crippen LogP contribution in [0.2, 0.25) is 0 Å². The van der Waals surface area contributed by atoms with E-state index in [4.69, 9.17) is 9.47 Å². The summed E-state index contributed by atoms with van der Waals surface area (Å²) in [6.45, 7) is 2.85. The number of alkyl halides is 3. The molecule has 0 saturated carbocycles. The van der Waals surface area contributed by atoms with Gasteiger partial charge in [0.1, 0.15) is 0 Å². The van der Waals surface area contributed by atoms with Crippen LogP contribution in [-0.2, 0) is 11.0 Å². The molecule has 1 N–H and O–H groups in total. The Kier molecular flexibility index (Phi) is 6.09. The largest absolute Gasteiger partial charge is 0.493 e. The van der Waals surface area contributed by atoms with Crippen LogP contribution in [0.25, 0.3) is 0 Å².